The van der Waals surface area contributed by atoms with Crippen molar-refractivity contribution >= 4 is 22.9 Å². The summed E-state index contributed by atoms with van der Waals surface area (Å²) in [6.07, 6.45) is 2.70. The number of hydrogen-bond donors (Lipinski definition) is 1. The van der Waals surface area contributed by atoms with Crippen LogP contribution in [-0.4, -0.2) is 46.7 Å². The van der Waals surface area contributed by atoms with E-state index in [0.29, 0.717) is 35.5 Å². The maximum atomic E-state index is 12.5. The lowest BCUT2D eigenvalue weighted by atomic mass is 10.1. The van der Waals surface area contributed by atoms with E-state index >= 15 is 0 Å². The Morgan fingerprint density at radius 3 is 2.60 bits per heavy atom. The zero-order chi connectivity index (χ0) is 25.0. The summed E-state index contributed by atoms with van der Waals surface area (Å²) in [6.45, 7) is 6.90. The van der Waals surface area contributed by atoms with Crippen LogP contribution in [0.4, 0.5) is 4.79 Å². The van der Waals surface area contributed by atoms with E-state index in [2.05, 4.69) is 4.98 Å². The number of fused-ring (bicyclic) bond motifs is 1. The van der Waals surface area contributed by atoms with Crippen molar-refractivity contribution in [1.82, 2.24) is 9.88 Å². The molecule has 0 saturated carbocycles. The summed E-state index contributed by atoms with van der Waals surface area (Å²) in [5, 5.41) is 0.704. The van der Waals surface area contributed by atoms with Crippen molar-refractivity contribution in [2.24, 2.45) is 5.73 Å². The van der Waals surface area contributed by atoms with Crippen LogP contribution in [0, 0.1) is 0 Å². The zero-order valence-corrected chi connectivity index (χ0v) is 20.3. The smallest absolute Gasteiger partial charge is 0.410 e. The predicted molar refractivity (Wildman–Crippen MR) is 132 cm³/mol. The molecule has 8 heteroatoms. The Hall–Kier alpha value is -3.81. The van der Waals surface area contributed by atoms with E-state index in [-0.39, 0.29) is 24.4 Å². The third kappa shape index (κ3) is 6.20. The molecule has 2 aromatic carbocycles. The second kappa shape index (κ2) is 10.2. The minimum Gasteiger partial charge on any atom is -0.488 e. The molecule has 1 atom stereocenters. The lowest BCUT2D eigenvalue weighted by Crippen LogP contribution is -2.46. The number of aromatic nitrogens is 1. The summed E-state index contributed by atoms with van der Waals surface area (Å²) in [7, 11) is 0. The van der Waals surface area contributed by atoms with E-state index in [1.54, 1.807) is 29.3 Å². The van der Waals surface area contributed by atoms with Crippen LogP contribution in [0.25, 0.3) is 10.9 Å². The van der Waals surface area contributed by atoms with E-state index in [0.717, 1.165) is 18.4 Å². The van der Waals surface area contributed by atoms with Crippen molar-refractivity contribution in [2.45, 2.75) is 51.9 Å². The highest BCUT2D eigenvalue weighted by Crippen LogP contribution is 2.33. The first kappa shape index (κ1) is 24.3. The maximum Gasteiger partial charge on any atom is 0.410 e. The van der Waals surface area contributed by atoms with Crippen LogP contribution in [0.1, 0.15) is 49.5 Å². The summed E-state index contributed by atoms with van der Waals surface area (Å²) >= 11 is 0. The van der Waals surface area contributed by atoms with E-state index in [1.165, 1.54) is 0 Å². The second-order valence-electron chi connectivity index (χ2n) is 9.62. The molecule has 4 rings (SSSR count). The first-order chi connectivity index (χ1) is 16.7. The number of likely N-dealkylation sites (tertiary alicyclic amines) is 1. The predicted octanol–water partition coefficient (Wildman–Crippen LogP) is 4.69. The third-order valence-corrected chi connectivity index (χ3v) is 5.63. The minimum absolute atomic E-state index is 0.202. The van der Waals surface area contributed by atoms with Gasteiger partial charge in [0, 0.05) is 18.1 Å². The Morgan fingerprint density at radius 1 is 1.11 bits per heavy atom. The van der Waals surface area contributed by atoms with E-state index in [1.807, 2.05) is 51.1 Å². The number of carbonyl (C=O) groups excluding carboxylic acids is 2. The number of amides is 2. The molecule has 1 aliphatic rings. The summed E-state index contributed by atoms with van der Waals surface area (Å²) in [6, 6.07) is 14.8. The Kier molecular flexibility index (Phi) is 7.10. The zero-order valence-electron chi connectivity index (χ0n) is 20.3. The van der Waals surface area contributed by atoms with Gasteiger partial charge in [0.25, 0.3) is 5.91 Å². The van der Waals surface area contributed by atoms with Crippen molar-refractivity contribution in [3.8, 4) is 11.5 Å². The number of hydrogen-bond acceptors (Lipinski definition) is 6. The molecular formula is C27H31N3O5. The Morgan fingerprint density at radius 2 is 1.89 bits per heavy atom. The number of rotatable bonds is 6. The summed E-state index contributed by atoms with van der Waals surface area (Å²) in [5.41, 5.74) is 6.86. The third-order valence-electron chi connectivity index (χ3n) is 5.63. The molecule has 0 radical (unpaired) electrons. The molecule has 0 aliphatic carbocycles. The van der Waals surface area contributed by atoms with E-state index < -0.39 is 11.5 Å². The number of nitrogens with zero attached hydrogens (tertiary/aromatic N) is 2. The van der Waals surface area contributed by atoms with Gasteiger partial charge >= 0.3 is 6.09 Å². The number of pyridine rings is 1. The normalized spacial score (nSPS) is 16.1. The average Bonchev–Trinajstić information content (AvgIpc) is 2.82. The summed E-state index contributed by atoms with van der Waals surface area (Å²) in [4.78, 5) is 30.7. The lowest BCUT2D eigenvalue weighted by Gasteiger charge is -2.34. The van der Waals surface area contributed by atoms with E-state index in [4.69, 9.17) is 19.9 Å². The average molecular weight is 478 g/mol. The van der Waals surface area contributed by atoms with Gasteiger partial charge in [0.05, 0.1) is 17.6 Å². The maximum absolute atomic E-state index is 12.5. The molecule has 2 heterocycles. The molecule has 1 aliphatic heterocycles. The highest BCUT2D eigenvalue weighted by molar-refractivity contribution is 6.01. The molecule has 0 bridgehead atoms. The molecule has 1 aromatic heterocycles. The van der Waals surface area contributed by atoms with Gasteiger partial charge < -0.3 is 24.8 Å². The molecule has 0 spiro atoms. The highest BCUT2D eigenvalue weighted by atomic mass is 16.6. The number of ether oxygens (including phenoxy) is 3. The Bertz CT molecular complexity index is 1210. The largest absolute Gasteiger partial charge is 0.488 e. The van der Waals surface area contributed by atoms with Crippen LogP contribution >= 0.6 is 0 Å². The lowest BCUT2D eigenvalue weighted by molar-refractivity contribution is 0.00793. The number of carbonyl (C=O) groups is 2. The van der Waals surface area contributed by atoms with Gasteiger partial charge in [-0.2, -0.15) is 0 Å². The molecule has 1 unspecified atom stereocenters. The van der Waals surface area contributed by atoms with Crippen LogP contribution in [0.2, 0.25) is 0 Å². The van der Waals surface area contributed by atoms with Gasteiger partial charge in [0.2, 0.25) is 0 Å². The monoisotopic (exact) mass is 477 g/mol. The van der Waals surface area contributed by atoms with Crippen molar-refractivity contribution in [3.63, 3.8) is 0 Å². The quantitative estimate of drug-likeness (QED) is 0.552. The number of nitrogens with two attached hydrogens (primary N) is 1. The Balaban J connectivity index is 1.57. The van der Waals surface area contributed by atoms with Crippen LogP contribution in [0.3, 0.4) is 0 Å². The first-order valence-electron chi connectivity index (χ1n) is 11.7. The molecule has 1 saturated heterocycles. The van der Waals surface area contributed by atoms with E-state index in [9.17, 15) is 9.59 Å². The Labute approximate surface area is 205 Å². The van der Waals surface area contributed by atoms with Gasteiger partial charge in [-0.3, -0.25) is 9.78 Å². The fraction of sp³-hybridized carbons (Fsp3) is 0.370. The van der Waals surface area contributed by atoms with Crippen molar-refractivity contribution < 1.29 is 23.8 Å². The van der Waals surface area contributed by atoms with Crippen molar-refractivity contribution in [3.05, 3.63) is 65.9 Å². The summed E-state index contributed by atoms with van der Waals surface area (Å²) < 4.78 is 17.8. The molecule has 8 nitrogen and oxygen atoms in total. The topological polar surface area (TPSA) is 104 Å². The van der Waals surface area contributed by atoms with Crippen LogP contribution < -0.4 is 15.2 Å². The van der Waals surface area contributed by atoms with Crippen LogP contribution in [0.5, 0.6) is 11.5 Å². The minimum atomic E-state index is -0.594. The number of primary amides is 1. The molecule has 3 aromatic rings. The van der Waals surface area contributed by atoms with Crippen LogP contribution in [0.15, 0.2) is 54.7 Å². The fourth-order valence-electron chi connectivity index (χ4n) is 4.00. The fourth-order valence-corrected chi connectivity index (χ4v) is 4.00. The first-order valence-corrected chi connectivity index (χ1v) is 11.7. The van der Waals surface area contributed by atoms with Gasteiger partial charge in [0.1, 0.15) is 29.8 Å². The highest BCUT2D eigenvalue weighted by Gasteiger charge is 2.29. The van der Waals surface area contributed by atoms with Gasteiger partial charge in [-0.05, 0) is 57.4 Å². The van der Waals surface area contributed by atoms with Crippen LogP contribution in [-0.2, 0) is 11.3 Å². The molecular weight excluding hydrogens is 446 g/mol. The molecule has 2 amide bonds. The van der Waals surface area contributed by atoms with Crippen molar-refractivity contribution in [1.29, 1.82) is 0 Å². The van der Waals surface area contributed by atoms with Crippen molar-refractivity contribution in [2.75, 3.05) is 13.1 Å². The van der Waals surface area contributed by atoms with Gasteiger partial charge in [-0.15, -0.1) is 0 Å². The molecule has 2 N–H and O–H groups in total. The SMILES string of the molecule is CC(C)(C)OC(=O)N1CCCC(Oc2ccnc3cc(C(N)=O)c(OCc4ccccc4)cc23)C1. The summed E-state index contributed by atoms with van der Waals surface area (Å²) in [5.74, 6) is 0.376. The number of piperidine rings is 1. The molecule has 184 valence electrons. The van der Waals surface area contributed by atoms with Gasteiger partial charge in [-0.25, -0.2) is 4.79 Å². The molecule has 1 fully saturated rings. The van der Waals surface area contributed by atoms with Gasteiger partial charge in [-0.1, -0.05) is 30.3 Å². The molecule has 35 heavy (non-hydrogen) atoms. The standard InChI is InChI=1S/C27H31N3O5/c1-27(2,3)35-26(32)30-13-7-10-19(16-30)34-23-11-12-29-22-14-21(25(28)31)24(15-20(22)23)33-17-18-8-5-4-6-9-18/h4-6,8-9,11-12,14-15,19H,7,10,13,16-17H2,1-3H3,(H2,28,31). The number of benzene rings is 2. The second-order valence-corrected chi connectivity index (χ2v) is 9.62. The van der Waals surface area contributed by atoms with Gasteiger partial charge in [0.15, 0.2) is 0 Å².